The van der Waals surface area contributed by atoms with Gasteiger partial charge in [-0.25, -0.2) is 0 Å². The quantitative estimate of drug-likeness (QED) is 0.582. The van der Waals surface area contributed by atoms with Gasteiger partial charge in [0, 0.05) is 6.92 Å². The molecule has 0 aromatic rings. The molecule has 51 valence electrons. The first-order chi connectivity index (χ1) is 4.20. The number of hydrogen-bond acceptors (Lipinski definition) is 2. The van der Waals surface area contributed by atoms with Crippen LogP contribution < -0.4 is 5.32 Å². The highest BCUT2D eigenvalue weighted by atomic mass is 16.2. The van der Waals surface area contributed by atoms with Crippen LogP contribution in [0.4, 0.5) is 0 Å². The van der Waals surface area contributed by atoms with Crippen molar-refractivity contribution < 1.29 is 9.59 Å². The van der Waals surface area contributed by atoms with Crippen LogP contribution in [0.5, 0.6) is 0 Å². The zero-order valence-corrected chi connectivity index (χ0v) is 5.60. The Kier molecular flexibility index (Phi) is 3.67. The van der Waals surface area contributed by atoms with E-state index in [1.165, 1.54) is 6.92 Å². The molecule has 0 rings (SSSR count). The summed E-state index contributed by atoms with van der Waals surface area (Å²) in [6.45, 7) is 3.19. The van der Waals surface area contributed by atoms with Gasteiger partial charge >= 0.3 is 0 Å². The van der Waals surface area contributed by atoms with E-state index < -0.39 is 6.04 Å². The van der Waals surface area contributed by atoms with Gasteiger partial charge in [-0.15, -0.1) is 0 Å². The maximum absolute atomic E-state index is 10.3. The van der Waals surface area contributed by atoms with Crippen molar-refractivity contribution in [1.82, 2.24) is 5.32 Å². The minimum atomic E-state index is -0.428. The third-order valence-electron chi connectivity index (χ3n) is 0.928. The molecule has 0 aliphatic heterocycles. The Morgan fingerprint density at radius 3 is 2.44 bits per heavy atom. The first-order valence-electron chi connectivity index (χ1n) is 2.85. The average Bonchev–Trinajstić information content (AvgIpc) is 1.82. The van der Waals surface area contributed by atoms with Gasteiger partial charge in [0.1, 0.15) is 0 Å². The van der Waals surface area contributed by atoms with E-state index in [4.69, 9.17) is 0 Å². The lowest BCUT2D eigenvalue weighted by molar-refractivity contribution is -0.119. The standard InChI is InChI=1S/C6H10NO2/c1-3-6(4-8)7-5(2)9/h6H,3H2,1-2H3,(H,7,9). The molecule has 1 atom stereocenters. The Morgan fingerprint density at radius 2 is 2.33 bits per heavy atom. The van der Waals surface area contributed by atoms with Crippen LogP contribution in [0, 0.1) is 0 Å². The first kappa shape index (κ1) is 8.14. The van der Waals surface area contributed by atoms with Gasteiger partial charge in [-0.05, 0) is 6.42 Å². The Bertz CT molecular complexity index is 112. The predicted octanol–water partition coefficient (Wildman–Crippen LogP) is 0.0108. The van der Waals surface area contributed by atoms with Crippen LogP contribution >= 0.6 is 0 Å². The highest BCUT2D eigenvalue weighted by Gasteiger charge is 2.04. The lowest BCUT2D eigenvalue weighted by Crippen LogP contribution is -2.33. The largest absolute Gasteiger partial charge is 0.346 e. The van der Waals surface area contributed by atoms with Crippen molar-refractivity contribution in [2.75, 3.05) is 0 Å². The van der Waals surface area contributed by atoms with Gasteiger partial charge in [0.05, 0.1) is 6.04 Å². The molecular weight excluding hydrogens is 118 g/mol. The van der Waals surface area contributed by atoms with Crippen molar-refractivity contribution in [2.24, 2.45) is 0 Å². The van der Waals surface area contributed by atoms with E-state index >= 15 is 0 Å². The monoisotopic (exact) mass is 128 g/mol. The van der Waals surface area contributed by atoms with Crippen molar-refractivity contribution in [3.63, 3.8) is 0 Å². The highest BCUT2D eigenvalue weighted by Crippen LogP contribution is 1.83. The van der Waals surface area contributed by atoms with Gasteiger partial charge in [-0.1, -0.05) is 6.92 Å². The molecular formula is C6H10NO2. The summed E-state index contributed by atoms with van der Waals surface area (Å²) in [6.07, 6.45) is 2.30. The summed E-state index contributed by atoms with van der Waals surface area (Å²) in [7, 11) is 0. The molecule has 0 aromatic carbocycles. The number of carbonyl (C=O) groups excluding carboxylic acids is 2. The Labute approximate surface area is 54.4 Å². The fourth-order valence-electron chi connectivity index (χ4n) is 0.460. The number of rotatable bonds is 3. The fourth-order valence-corrected chi connectivity index (χ4v) is 0.460. The SMILES string of the molecule is CCC([C]=O)NC(C)=O. The van der Waals surface area contributed by atoms with Gasteiger partial charge in [0.2, 0.25) is 12.2 Å². The molecule has 1 N–H and O–H groups in total. The molecule has 1 amide bonds. The van der Waals surface area contributed by atoms with E-state index in [2.05, 4.69) is 5.32 Å². The summed E-state index contributed by atoms with van der Waals surface area (Å²) < 4.78 is 0. The molecule has 0 saturated heterocycles. The fraction of sp³-hybridized carbons (Fsp3) is 0.667. The summed E-state index contributed by atoms with van der Waals surface area (Å²) in [6, 6.07) is -0.428. The molecule has 3 nitrogen and oxygen atoms in total. The predicted molar refractivity (Wildman–Crippen MR) is 33.6 cm³/mol. The van der Waals surface area contributed by atoms with Crippen LogP contribution in [0.25, 0.3) is 0 Å². The molecule has 0 fully saturated rings. The molecule has 0 saturated carbocycles. The maximum Gasteiger partial charge on any atom is 0.222 e. The third-order valence-corrected chi connectivity index (χ3v) is 0.928. The van der Waals surface area contributed by atoms with Crippen LogP contribution in [0.15, 0.2) is 0 Å². The van der Waals surface area contributed by atoms with E-state index in [-0.39, 0.29) is 5.91 Å². The summed E-state index contributed by atoms with van der Waals surface area (Å²) in [5.41, 5.74) is 0. The second kappa shape index (κ2) is 4.06. The van der Waals surface area contributed by atoms with Crippen molar-refractivity contribution in [1.29, 1.82) is 0 Å². The third kappa shape index (κ3) is 3.70. The summed E-state index contributed by atoms with van der Waals surface area (Å²) >= 11 is 0. The van der Waals surface area contributed by atoms with E-state index in [1.54, 1.807) is 6.29 Å². The Morgan fingerprint density at radius 1 is 1.78 bits per heavy atom. The van der Waals surface area contributed by atoms with E-state index in [0.717, 1.165) is 0 Å². The maximum atomic E-state index is 10.3. The molecule has 0 bridgehead atoms. The van der Waals surface area contributed by atoms with Gasteiger partial charge < -0.3 is 5.32 Å². The second-order valence-electron chi connectivity index (χ2n) is 1.78. The molecule has 0 aliphatic carbocycles. The van der Waals surface area contributed by atoms with Crippen LogP contribution in [0.3, 0.4) is 0 Å². The van der Waals surface area contributed by atoms with E-state index in [9.17, 15) is 9.59 Å². The number of nitrogens with one attached hydrogen (secondary N) is 1. The Balaban J connectivity index is 3.55. The Hall–Kier alpha value is -0.860. The van der Waals surface area contributed by atoms with Crippen LogP contribution in [-0.4, -0.2) is 18.2 Å². The molecule has 0 heterocycles. The molecule has 1 unspecified atom stereocenters. The van der Waals surface area contributed by atoms with Gasteiger partial charge in [-0.3, -0.25) is 9.59 Å². The molecule has 0 aliphatic rings. The molecule has 0 aromatic heterocycles. The summed E-state index contributed by atoms with van der Waals surface area (Å²) in [4.78, 5) is 20.2. The molecule has 0 spiro atoms. The minimum Gasteiger partial charge on any atom is -0.346 e. The zero-order chi connectivity index (χ0) is 7.28. The first-order valence-corrected chi connectivity index (χ1v) is 2.85. The van der Waals surface area contributed by atoms with Crippen LogP contribution in [0.1, 0.15) is 20.3 Å². The molecule has 9 heavy (non-hydrogen) atoms. The van der Waals surface area contributed by atoms with Crippen molar-refractivity contribution >= 4 is 12.2 Å². The summed E-state index contributed by atoms with van der Waals surface area (Å²) in [5, 5.41) is 2.42. The minimum absolute atomic E-state index is 0.190. The molecule has 3 heteroatoms. The van der Waals surface area contributed by atoms with E-state index in [1.807, 2.05) is 6.92 Å². The van der Waals surface area contributed by atoms with Gasteiger partial charge in [0.15, 0.2) is 0 Å². The van der Waals surface area contributed by atoms with E-state index in [0.29, 0.717) is 6.42 Å². The lowest BCUT2D eigenvalue weighted by atomic mass is 10.2. The average molecular weight is 128 g/mol. The second-order valence-corrected chi connectivity index (χ2v) is 1.78. The lowest BCUT2D eigenvalue weighted by Gasteiger charge is -2.04. The highest BCUT2D eigenvalue weighted by molar-refractivity contribution is 5.77. The van der Waals surface area contributed by atoms with Crippen LogP contribution in [0.2, 0.25) is 0 Å². The van der Waals surface area contributed by atoms with Crippen molar-refractivity contribution in [3.05, 3.63) is 0 Å². The number of hydrogen-bond donors (Lipinski definition) is 1. The number of amides is 1. The number of carbonyl (C=O) groups is 1. The van der Waals surface area contributed by atoms with Gasteiger partial charge in [0.25, 0.3) is 0 Å². The van der Waals surface area contributed by atoms with Crippen molar-refractivity contribution in [2.45, 2.75) is 26.3 Å². The van der Waals surface area contributed by atoms with Crippen molar-refractivity contribution in [3.8, 4) is 0 Å². The molecule has 1 radical (unpaired) electrons. The summed E-state index contributed by atoms with van der Waals surface area (Å²) in [5.74, 6) is -0.190. The van der Waals surface area contributed by atoms with Crippen LogP contribution in [-0.2, 0) is 9.59 Å². The zero-order valence-electron chi connectivity index (χ0n) is 5.60. The topological polar surface area (TPSA) is 46.2 Å². The normalized spacial score (nSPS) is 12.2. The van der Waals surface area contributed by atoms with Gasteiger partial charge in [-0.2, -0.15) is 0 Å². The smallest absolute Gasteiger partial charge is 0.222 e.